The van der Waals surface area contributed by atoms with E-state index in [9.17, 15) is 26.3 Å². The van der Waals surface area contributed by atoms with Crippen molar-refractivity contribution < 1.29 is 31.1 Å². The van der Waals surface area contributed by atoms with Gasteiger partial charge in [0.1, 0.15) is 5.75 Å². The molecule has 1 aromatic carbocycles. The highest BCUT2D eigenvalue weighted by Crippen LogP contribution is 2.33. The van der Waals surface area contributed by atoms with Gasteiger partial charge in [-0.05, 0) is 42.8 Å². The Labute approximate surface area is 149 Å². The summed E-state index contributed by atoms with van der Waals surface area (Å²) >= 11 is 0. The highest BCUT2D eigenvalue weighted by Gasteiger charge is 2.34. The lowest BCUT2D eigenvalue weighted by Crippen LogP contribution is -2.08. The molecule has 0 saturated carbocycles. The molecule has 3 rings (SSSR count). The van der Waals surface area contributed by atoms with E-state index >= 15 is 0 Å². The van der Waals surface area contributed by atoms with E-state index in [1.165, 1.54) is 24.3 Å². The summed E-state index contributed by atoms with van der Waals surface area (Å²) in [4.78, 5) is 4.02. The first-order chi connectivity index (χ1) is 12.5. The quantitative estimate of drug-likeness (QED) is 0.565. The molecule has 2 heterocycles. The fraction of sp³-hybridized carbons (Fsp3) is 0.176. The molecule has 4 nitrogen and oxygen atoms in total. The van der Waals surface area contributed by atoms with Gasteiger partial charge in [0, 0.05) is 12.3 Å². The first-order valence-electron chi connectivity index (χ1n) is 7.49. The molecule has 0 aliphatic heterocycles. The van der Waals surface area contributed by atoms with E-state index in [1.807, 2.05) is 0 Å². The normalized spacial score (nSPS) is 12.3. The summed E-state index contributed by atoms with van der Waals surface area (Å²) in [5.74, 6) is -0.147. The van der Waals surface area contributed by atoms with Crippen molar-refractivity contribution in [1.82, 2.24) is 14.8 Å². The van der Waals surface area contributed by atoms with E-state index in [1.54, 1.807) is 6.92 Å². The van der Waals surface area contributed by atoms with Crippen LogP contribution in [0.3, 0.4) is 0 Å². The molecule has 0 aliphatic carbocycles. The van der Waals surface area contributed by atoms with Gasteiger partial charge in [-0.3, -0.25) is 0 Å². The van der Waals surface area contributed by atoms with E-state index in [2.05, 4.69) is 10.1 Å². The Hall–Kier alpha value is -3.04. The number of rotatable bonds is 3. The summed E-state index contributed by atoms with van der Waals surface area (Å²) in [5.41, 5.74) is -1.41. The largest absolute Gasteiger partial charge is 0.439 e. The van der Waals surface area contributed by atoms with Gasteiger partial charge in [-0.1, -0.05) is 6.07 Å². The zero-order valence-corrected chi connectivity index (χ0v) is 13.6. The minimum atomic E-state index is -4.60. The maximum absolute atomic E-state index is 12.8. The third-order valence-electron chi connectivity index (χ3n) is 3.43. The van der Waals surface area contributed by atoms with Crippen LogP contribution in [0.5, 0.6) is 11.6 Å². The molecule has 0 spiro atoms. The number of aryl methyl sites for hydroxylation is 1. The fourth-order valence-corrected chi connectivity index (χ4v) is 2.25. The summed E-state index contributed by atoms with van der Waals surface area (Å²) in [7, 11) is 0. The molecule has 0 saturated heterocycles. The van der Waals surface area contributed by atoms with Crippen LogP contribution in [-0.2, 0) is 12.4 Å². The van der Waals surface area contributed by atoms with Gasteiger partial charge < -0.3 is 4.74 Å². The Kier molecular flexibility index (Phi) is 4.58. The number of ether oxygens (including phenoxy) is 1. The van der Waals surface area contributed by atoms with Gasteiger partial charge in [0.05, 0.1) is 5.56 Å². The second kappa shape index (κ2) is 6.60. The zero-order chi connectivity index (χ0) is 19.8. The van der Waals surface area contributed by atoms with Crippen molar-refractivity contribution in [3.63, 3.8) is 0 Å². The number of hydrogen-bond donors (Lipinski definition) is 0. The molecule has 0 bridgehead atoms. The van der Waals surface area contributed by atoms with Crippen LogP contribution < -0.4 is 4.74 Å². The van der Waals surface area contributed by atoms with Crippen LogP contribution in [0.2, 0.25) is 0 Å². The van der Waals surface area contributed by atoms with Crippen LogP contribution in [0.25, 0.3) is 5.82 Å². The SMILES string of the molecule is Cc1cc(Oc2cccc(C(F)(F)F)c2)nc(-n2ccc(C(F)(F)F)n2)c1. The minimum absolute atomic E-state index is 0.0347. The average molecular weight is 387 g/mol. The number of benzene rings is 1. The highest BCUT2D eigenvalue weighted by molar-refractivity contribution is 5.37. The molecule has 0 radical (unpaired) electrons. The Morgan fingerprint density at radius 1 is 0.926 bits per heavy atom. The van der Waals surface area contributed by atoms with Gasteiger partial charge >= 0.3 is 12.4 Å². The van der Waals surface area contributed by atoms with Gasteiger partial charge in [-0.2, -0.15) is 36.4 Å². The molecule has 0 unspecified atom stereocenters. The maximum Gasteiger partial charge on any atom is 0.435 e. The fourth-order valence-electron chi connectivity index (χ4n) is 2.25. The van der Waals surface area contributed by atoms with E-state index in [0.29, 0.717) is 5.56 Å². The Bertz CT molecular complexity index is 962. The number of hydrogen-bond acceptors (Lipinski definition) is 3. The van der Waals surface area contributed by atoms with Crippen molar-refractivity contribution in [2.24, 2.45) is 0 Å². The van der Waals surface area contributed by atoms with Crippen molar-refractivity contribution in [2.75, 3.05) is 0 Å². The van der Waals surface area contributed by atoms with Gasteiger partial charge in [0.2, 0.25) is 5.88 Å². The Morgan fingerprint density at radius 3 is 2.30 bits per heavy atom. The number of aromatic nitrogens is 3. The van der Waals surface area contributed by atoms with E-state index in [0.717, 1.165) is 29.1 Å². The average Bonchev–Trinajstić information content (AvgIpc) is 3.04. The monoisotopic (exact) mass is 387 g/mol. The number of pyridine rings is 1. The summed E-state index contributed by atoms with van der Waals surface area (Å²) in [6, 6.07) is 7.89. The maximum atomic E-state index is 12.8. The van der Waals surface area contributed by atoms with Crippen molar-refractivity contribution >= 4 is 0 Å². The van der Waals surface area contributed by atoms with Crippen LogP contribution in [0.4, 0.5) is 26.3 Å². The molecule has 3 aromatic rings. The highest BCUT2D eigenvalue weighted by atomic mass is 19.4. The topological polar surface area (TPSA) is 39.9 Å². The zero-order valence-electron chi connectivity index (χ0n) is 13.6. The molecule has 0 amide bonds. The molecule has 27 heavy (non-hydrogen) atoms. The van der Waals surface area contributed by atoms with E-state index in [4.69, 9.17) is 4.74 Å². The summed E-state index contributed by atoms with van der Waals surface area (Å²) in [6.45, 7) is 1.64. The Morgan fingerprint density at radius 2 is 1.67 bits per heavy atom. The molecular formula is C17H11F6N3O. The van der Waals surface area contributed by atoms with E-state index in [-0.39, 0.29) is 17.4 Å². The van der Waals surface area contributed by atoms with Crippen molar-refractivity contribution in [3.8, 4) is 17.4 Å². The first-order valence-corrected chi connectivity index (χ1v) is 7.49. The number of halogens is 6. The van der Waals surface area contributed by atoms with Crippen molar-refractivity contribution in [3.05, 3.63) is 65.5 Å². The summed E-state index contributed by atoms with van der Waals surface area (Å²) in [6.07, 6.45) is -8.06. The third kappa shape index (κ3) is 4.39. The van der Waals surface area contributed by atoms with Gasteiger partial charge in [0.15, 0.2) is 11.5 Å². The molecule has 2 aromatic heterocycles. The summed E-state index contributed by atoms with van der Waals surface area (Å²) < 4.78 is 82.7. The standard InChI is InChI=1S/C17H11F6N3O/c1-10-7-14(26-6-5-13(25-26)17(21,22)23)24-15(8-10)27-12-4-2-3-11(9-12)16(18,19)20/h2-9H,1H3. The van der Waals surface area contributed by atoms with Crippen molar-refractivity contribution in [2.45, 2.75) is 19.3 Å². The number of nitrogens with zero attached hydrogens (tertiary/aromatic N) is 3. The molecule has 0 fully saturated rings. The predicted molar refractivity (Wildman–Crippen MR) is 82.6 cm³/mol. The molecule has 0 N–H and O–H groups in total. The molecule has 142 valence electrons. The van der Waals surface area contributed by atoms with E-state index < -0.39 is 23.6 Å². The smallest absolute Gasteiger partial charge is 0.435 e. The van der Waals surface area contributed by atoms with Crippen molar-refractivity contribution in [1.29, 1.82) is 0 Å². The second-order valence-corrected chi connectivity index (χ2v) is 5.61. The van der Waals surface area contributed by atoms with Gasteiger partial charge in [-0.15, -0.1) is 0 Å². The Balaban J connectivity index is 1.91. The minimum Gasteiger partial charge on any atom is -0.439 e. The lowest BCUT2D eigenvalue weighted by atomic mass is 10.2. The predicted octanol–water partition coefficient (Wildman–Crippen LogP) is 5.41. The first kappa shape index (κ1) is 18.7. The van der Waals surface area contributed by atoms with Gasteiger partial charge in [0.25, 0.3) is 0 Å². The van der Waals surface area contributed by atoms with Crippen LogP contribution in [-0.4, -0.2) is 14.8 Å². The van der Waals surface area contributed by atoms with Crippen LogP contribution in [0.1, 0.15) is 16.8 Å². The molecule has 0 aliphatic rings. The van der Waals surface area contributed by atoms with Crippen LogP contribution in [0, 0.1) is 6.92 Å². The molecule has 0 atom stereocenters. The van der Waals surface area contributed by atoms with Crippen LogP contribution in [0.15, 0.2) is 48.7 Å². The second-order valence-electron chi connectivity index (χ2n) is 5.61. The molecular weight excluding hydrogens is 376 g/mol. The summed E-state index contributed by atoms with van der Waals surface area (Å²) in [5, 5.41) is 3.41. The third-order valence-corrected chi connectivity index (χ3v) is 3.43. The molecule has 10 heteroatoms. The van der Waals surface area contributed by atoms with Crippen LogP contribution >= 0.6 is 0 Å². The lowest BCUT2D eigenvalue weighted by molar-refractivity contribution is -0.141. The number of alkyl halides is 6. The van der Waals surface area contributed by atoms with Gasteiger partial charge in [-0.25, -0.2) is 4.68 Å². The lowest BCUT2D eigenvalue weighted by Gasteiger charge is -2.11.